The Kier molecular flexibility index (Phi) is 4.31. The van der Waals surface area contributed by atoms with Gasteiger partial charge in [0.15, 0.2) is 0 Å². The van der Waals surface area contributed by atoms with Crippen LogP contribution in [0, 0.1) is 0 Å². The highest BCUT2D eigenvalue weighted by atomic mass is 15.3. The fraction of sp³-hybridized carbons (Fsp3) is 0.800. The van der Waals surface area contributed by atoms with Crippen LogP contribution < -0.4 is 5.73 Å². The number of anilines is 1. The molecular formula is C15H27N3. The first kappa shape index (κ1) is 13.4. The zero-order chi connectivity index (χ0) is 13.1. The minimum atomic E-state index is 0.471. The molecule has 1 aliphatic rings. The van der Waals surface area contributed by atoms with Gasteiger partial charge in [-0.3, -0.25) is 4.68 Å². The van der Waals surface area contributed by atoms with Crippen LogP contribution in [0.25, 0.3) is 0 Å². The Balaban J connectivity index is 2.27. The number of hydrogen-bond donors (Lipinski definition) is 1. The van der Waals surface area contributed by atoms with E-state index in [-0.39, 0.29) is 0 Å². The van der Waals surface area contributed by atoms with E-state index in [0.717, 1.165) is 5.82 Å². The van der Waals surface area contributed by atoms with Gasteiger partial charge in [-0.1, -0.05) is 46.0 Å². The van der Waals surface area contributed by atoms with E-state index < -0.39 is 0 Å². The monoisotopic (exact) mass is 249 g/mol. The van der Waals surface area contributed by atoms with Crippen LogP contribution in [0.15, 0.2) is 0 Å². The average Bonchev–Trinajstić information content (AvgIpc) is 2.54. The van der Waals surface area contributed by atoms with Gasteiger partial charge in [0, 0.05) is 18.5 Å². The van der Waals surface area contributed by atoms with E-state index in [1.54, 1.807) is 0 Å². The summed E-state index contributed by atoms with van der Waals surface area (Å²) < 4.78 is 1.86. The predicted octanol–water partition coefficient (Wildman–Crippen LogP) is 3.95. The van der Waals surface area contributed by atoms with E-state index in [4.69, 9.17) is 10.8 Å². The summed E-state index contributed by atoms with van der Waals surface area (Å²) in [6.07, 6.45) is 9.45. The quantitative estimate of drug-likeness (QED) is 0.862. The van der Waals surface area contributed by atoms with Gasteiger partial charge in [0.1, 0.15) is 5.82 Å². The van der Waals surface area contributed by atoms with Gasteiger partial charge in [-0.15, -0.1) is 0 Å². The SMILES string of the molecule is CC(C)c1c(C2CCCCCCC2)nn(C)c1N. The van der Waals surface area contributed by atoms with Crippen molar-refractivity contribution in [2.24, 2.45) is 7.05 Å². The summed E-state index contributed by atoms with van der Waals surface area (Å²) in [5.74, 6) is 1.97. The lowest BCUT2D eigenvalue weighted by Crippen LogP contribution is -2.07. The lowest BCUT2D eigenvalue weighted by atomic mass is 9.85. The number of aromatic nitrogens is 2. The average molecular weight is 249 g/mol. The van der Waals surface area contributed by atoms with Crippen molar-refractivity contribution in [3.63, 3.8) is 0 Å². The van der Waals surface area contributed by atoms with Gasteiger partial charge < -0.3 is 5.73 Å². The lowest BCUT2D eigenvalue weighted by molar-refractivity contribution is 0.444. The second-order valence-corrected chi connectivity index (χ2v) is 6.00. The third-order valence-corrected chi connectivity index (χ3v) is 4.23. The normalized spacial score (nSPS) is 18.9. The van der Waals surface area contributed by atoms with Crippen molar-refractivity contribution in [2.75, 3.05) is 5.73 Å². The van der Waals surface area contributed by atoms with Crippen LogP contribution in [-0.4, -0.2) is 9.78 Å². The van der Waals surface area contributed by atoms with Crippen molar-refractivity contribution in [1.29, 1.82) is 0 Å². The smallest absolute Gasteiger partial charge is 0.125 e. The second kappa shape index (κ2) is 5.77. The summed E-state index contributed by atoms with van der Waals surface area (Å²) in [5, 5.41) is 4.72. The Bertz CT molecular complexity index is 385. The van der Waals surface area contributed by atoms with Crippen LogP contribution in [0.1, 0.15) is 81.9 Å². The van der Waals surface area contributed by atoms with Crippen molar-refractivity contribution in [3.05, 3.63) is 11.3 Å². The molecule has 1 fully saturated rings. The van der Waals surface area contributed by atoms with Crippen LogP contribution >= 0.6 is 0 Å². The third kappa shape index (κ3) is 2.70. The third-order valence-electron chi connectivity index (χ3n) is 4.23. The van der Waals surface area contributed by atoms with E-state index in [0.29, 0.717) is 11.8 Å². The van der Waals surface area contributed by atoms with Crippen molar-refractivity contribution >= 4 is 5.82 Å². The Morgan fingerprint density at radius 1 is 1.11 bits per heavy atom. The lowest BCUT2D eigenvalue weighted by Gasteiger charge is -2.20. The molecule has 0 aromatic carbocycles. The molecule has 0 unspecified atom stereocenters. The molecule has 0 saturated heterocycles. The van der Waals surface area contributed by atoms with E-state index in [2.05, 4.69) is 13.8 Å². The van der Waals surface area contributed by atoms with Crippen molar-refractivity contribution in [3.8, 4) is 0 Å². The number of nitrogen functional groups attached to an aromatic ring is 1. The predicted molar refractivity (Wildman–Crippen MR) is 76.8 cm³/mol. The van der Waals surface area contributed by atoms with Crippen LogP contribution in [0.4, 0.5) is 5.82 Å². The van der Waals surface area contributed by atoms with Crippen molar-refractivity contribution in [1.82, 2.24) is 9.78 Å². The molecule has 18 heavy (non-hydrogen) atoms. The molecule has 102 valence electrons. The zero-order valence-electron chi connectivity index (χ0n) is 12.1. The van der Waals surface area contributed by atoms with E-state index in [1.807, 2.05) is 11.7 Å². The molecule has 0 spiro atoms. The Morgan fingerprint density at radius 3 is 2.22 bits per heavy atom. The van der Waals surface area contributed by atoms with Crippen molar-refractivity contribution in [2.45, 2.75) is 70.6 Å². The fourth-order valence-electron chi connectivity index (χ4n) is 3.20. The molecule has 3 nitrogen and oxygen atoms in total. The Hall–Kier alpha value is -0.990. The van der Waals surface area contributed by atoms with Gasteiger partial charge in [-0.25, -0.2) is 0 Å². The summed E-state index contributed by atoms with van der Waals surface area (Å²) in [7, 11) is 1.97. The van der Waals surface area contributed by atoms with Crippen LogP contribution in [-0.2, 0) is 7.05 Å². The fourth-order valence-corrected chi connectivity index (χ4v) is 3.20. The number of nitrogens with two attached hydrogens (primary N) is 1. The van der Waals surface area contributed by atoms with Crippen molar-refractivity contribution < 1.29 is 0 Å². The summed E-state index contributed by atoms with van der Waals surface area (Å²) in [4.78, 5) is 0. The summed E-state index contributed by atoms with van der Waals surface area (Å²) in [5.41, 5.74) is 8.76. The number of rotatable bonds is 2. The molecule has 1 aromatic rings. The molecule has 0 bridgehead atoms. The van der Waals surface area contributed by atoms with Gasteiger partial charge in [0.25, 0.3) is 0 Å². The van der Waals surface area contributed by atoms with Crippen LogP contribution in [0.5, 0.6) is 0 Å². The maximum atomic E-state index is 6.18. The molecule has 1 aliphatic carbocycles. The molecule has 2 N–H and O–H groups in total. The molecular weight excluding hydrogens is 222 g/mol. The minimum absolute atomic E-state index is 0.471. The second-order valence-electron chi connectivity index (χ2n) is 6.00. The maximum absolute atomic E-state index is 6.18. The first-order chi connectivity index (χ1) is 8.61. The summed E-state index contributed by atoms with van der Waals surface area (Å²) in [6.45, 7) is 4.44. The molecule has 0 atom stereocenters. The largest absolute Gasteiger partial charge is 0.384 e. The van der Waals surface area contributed by atoms with E-state index >= 15 is 0 Å². The topological polar surface area (TPSA) is 43.8 Å². The first-order valence-corrected chi connectivity index (χ1v) is 7.43. The molecule has 2 rings (SSSR count). The molecule has 1 heterocycles. The van der Waals surface area contributed by atoms with Gasteiger partial charge in [0.2, 0.25) is 0 Å². The summed E-state index contributed by atoms with van der Waals surface area (Å²) in [6, 6.07) is 0. The number of aryl methyl sites for hydroxylation is 1. The van der Waals surface area contributed by atoms with Crippen LogP contribution in [0.2, 0.25) is 0 Å². The van der Waals surface area contributed by atoms with E-state index in [1.165, 1.54) is 56.2 Å². The van der Waals surface area contributed by atoms with Gasteiger partial charge in [-0.05, 0) is 18.8 Å². The highest BCUT2D eigenvalue weighted by molar-refractivity contribution is 5.46. The standard InChI is InChI=1S/C15H27N3/c1-11(2)13-14(17-18(3)15(13)16)12-9-7-5-4-6-8-10-12/h11-12H,4-10,16H2,1-3H3. The molecule has 1 saturated carbocycles. The van der Waals surface area contributed by atoms with Crippen LogP contribution in [0.3, 0.4) is 0 Å². The highest BCUT2D eigenvalue weighted by Crippen LogP contribution is 2.36. The number of nitrogens with zero attached hydrogens (tertiary/aromatic N) is 2. The first-order valence-electron chi connectivity index (χ1n) is 7.43. The maximum Gasteiger partial charge on any atom is 0.125 e. The molecule has 3 heteroatoms. The van der Waals surface area contributed by atoms with Gasteiger partial charge in [0.05, 0.1) is 5.69 Å². The highest BCUT2D eigenvalue weighted by Gasteiger charge is 2.24. The van der Waals surface area contributed by atoms with Gasteiger partial charge in [-0.2, -0.15) is 5.10 Å². The molecule has 0 amide bonds. The summed E-state index contributed by atoms with van der Waals surface area (Å²) >= 11 is 0. The minimum Gasteiger partial charge on any atom is -0.384 e. The Morgan fingerprint density at radius 2 is 1.67 bits per heavy atom. The molecule has 1 aromatic heterocycles. The van der Waals surface area contributed by atoms with Gasteiger partial charge >= 0.3 is 0 Å². The molecule has 0 aliphatic heterocycles. The number of hydrogen-bond acceptors (Lipinski definition) is 2. The van der Waals surface area contributed by atoms with E-state index in [9.17, 15) is 0 Å². The molecule has 0 radical (unpaired) electrons. The Labute approximate surface area is 111 Å². The zero-order valence-corrected chi connectivity index (χ0v) is 12.1.